The van der Waals surface area contributed by atoms with Crippen LogP contribution in [0.4, 0.5) is 0 Å². The number of rotatable bonds is 3. The van der Waals surface area contributed by atoms with E-state index in [4.69, 9.17) is 0 Å². The normalized spacial score (nSPS) is 10.6. The van der Waals surface area contributed by atoms with E-state index in [0.717, 1.165) is 16.8 Å². The van der Waals surface area contributed by atoms with E-state index in [1.54, 1.807) is 30.5 Å². The number of phenolic OH excluding ortho intramolecular Hbond substituents is 1. The Balaban J connectivity index is 2.27. The summed E-state index contributed by atoms with van der Waals surface area (Å²) in [6.07, 6.45) is 1.74. The number of nitrogens with zero attached hydrogens (tertiary/aromatic N) is 1. The number of carbonyl (C=O) groups is 1. The average Bonchev–Trinajstić information content (AvgIpc) is 2.93. The lowest BCUT2D eigenvalue weighted by molar-refractivity contribution is 0.0698. The highest BCUT2D eigenvalue weighted by Gasteiger charge is 2.18. The Morgan fingerprint density at radius 2 is 1.77 bits per heavy atom. The summed E-state index contributed by atoms with van der Waals surface area (Å²) >= 11 is 0. The summed E-state index contributed by atoms with van der Waals surface area (Å²) in [6.45, 7) is 1.88. The lowest BCUT2D eigenvalue weighted by Crippen LogP contribution is -2.02. The number of carboxylic acids is 1. The van der Waals surface area contributed by atoms with Crippen molar-refractivity contribution in [2.45, 2.75) is 6.92 Å². The molecule has 0 unspecified atom stereocenters. The summed E-state index contributed by atoms with van der Waals surface area (Å²) in [7, 11) is 0. The summed E-state index contributed by atoms with van der Waals surface area (Å²) in [5.74, 6) is -0.776. The maximum atomic E-state index is 11.5. The first-order chi connectivity index (χ1) is 10.6. The van der Waals surface area contributed by atoms with Gasteiger partial charge in [-0.05, 0) is 42.3 Å². The molecule has 2 aromatic carbocycles. The third-order valence-corrected chi connectivity index (χ3v) is 3.60. The largest absolute Gasteiger partial charge is 0.508 e. The second-order valence-electron chi connectivity index (χ2n) is 5.09. The van der Waals surface area contributed by atoms with Crippen molar-refractivity contribution in [2.24, 2.45) is 0 Å². The number of aryl methyl sites for hydroxylation is 1. The molecular weight excluding hydrogens is 278 g/mol. The second-order valence-corrected chi connectivity index (χ2v) is 5.09. The monoisotopic (exact) mass is 293 g/mol. The minimum atomic E-state index is -0.964. The molecule has 3 rings (SSSR count). The molecule has 0 aliphatic carbocycles. The Bertz CT molecular complexity index is 835. The second kappa shape index (κ2) is 5.41. The maximum Gasteiger partial charge on any atom is 0.337 e. The van der Waals surface area contributed by atoms with Crippen LogP contribution in [0.3, 0.4) is 0 Å². The highest BCUT2D eigenvalue weighted by molar-refractivity contribution is 5.95. The molecule has 0 atom stereocenters. The summed E-state index contributed by atoms with van der Waals surface area (Å²) in [5.41, 5.74) is 3.41. The van der Waals surface area contributed by atoms with Crippen molar-refractivity contribution in [2.75, 3.05) is 0 Å². The van der Waals surface area contributed by atoms with Gasteiger partial charge in [0, 0.05) is 11.9 Å². The van der Waals surface area contributed by atoms with Crippen molar-refractivity contribution in [3.63, 3.8) is 0 Å². The molecule has 2 N–H and O–H groups in total. The SMILES string of the molecule is Cc1cc(O)ccc1-n1ccc(C(=O)O)c1-c1ccccc1. The Hall–Kier alpha value is -3.01. The third kappa shape index (κ3) is 2.35. The zero-order chi connectivity index (χ0) is 15.7. The van der Waals surface area contributed by atoms with Gasteiger partial charge < -0.3 is 14.8 Å². The van der Waals surface area contributed by atoms with Gasteiger partial charge in [-0.3, -0.25) is 0 Å². The molecule has 0 aliphatic rings. The molecule has 110 valence electrons. The highest BCUT2D eigenvalue weighted by atomic mass is 16.4. The number of benzene rings is 2. The van der Waals surface area contributed by atoms with Crippen LogP contribution in [0.2, 0.25) is 0 Å². The van der Waals surface area contributed by atoms with Crippen molar-refractivity contribution < 1.29 is 15.0 Å². The molecule has 0 saturated carbocycles. The Morgan fingerprint density at radius 3 is 2.41 bits per heavy atom. The quantitative estimate of drug-likeness (QED) is 0.771. The van der Waals surface area contributed by atoms with Gasteiger partial charge in [-0.2, -0.15) is 0 Å². The fraction of sp³-hybridized carbons (Fsp3) is 0.0556. The molecule has 1 heterocycles. The fourth-order valence-electron chi connectivity index (χ4n) is 2.61. The Labute approximate surface area is 127 Å². The molecule has 22 heavy (non-hydrogen) atoms. The molecular formula is C18H15NO3. The van der Waals surface area contributed by atoms with E-state index in [9.17, 15) is 15.0 Å². The Kier molecular flexibility index (Phi) is 3.43. The first-order valence-corrected chi connectivity index (χ1v) is 6.88. The molecule has 0 aliphatic heterocycles. The van der Waals surface area contributed by atoms with Gasteiger partial charge in [0.05, 0.1) is 11.3 Å². The molecule has 0 spiro atoms. The molecule has 0 saturated heterocycles. The first-order valence-electron chi connectivity index (χ1n) is 6.88. The molecule has 4 heteroatoms. The van der Waals surface area contributed by atoms with Crippen LogP contribution in [0.5, 0.6) is 5.75 Å². The van der Waals surface area contributed by atoms with E-state index in [2.05, 4.69) is 0 Å². The summed E-state index contributed by atoms with van der Waals surface area (Å²) in [6, 6.07) is 16.0. The number of carboxylic acid groups (broad SMARTS) is 1. The van der Waals surface area contributed by atoms with Gasteiger partial charge in [-0.15, -0.1) is 0 Å². The van der Waals surface area contributed by atoms with Crippen LogP contribution in [0.15, 0.2) is 60.8 Å². The average molecular weight is 293 g/mol. The van der Waals surface area contributed by atoms with Crippen molar-refractivity contribution in [1.82, 2.24) is 4.57 Å². The van der Waals surface area contributed by atoms with Crippen molar-refractivity contribution in [3.05, 3.63) is 71.9 Å². The minimum absolute atomic E-state index is 0.188. The Morgan fingerprint density at radius 1 is 1.05 bits per heavy atom. The van der Waals surface area contributed by atoms with E-state index < -0.39 is 5.97 Å². The zero-order valence-electron chi connectivity index (χ0n) is 12.0. The van der Waals surface area contributed by atoms with E-state index in [-0.39, 0.29) is 11.3 Å². The molecule has 4 nitrogen and oxygen atoms in total. The van der Waals surface area contributed by atoms with Crippen molar-refractivity contribution >= 4 is 5.97 Å². The predicted molar refractivity (Wildman–Crippen MR) is 84.6 cm³/mol. The van der Waals surface area contributed by atoms with Crippen molar-refractivity contribution in [1.29, 1.82) is 0 Å². The van der Waals surface area contributed by atoms with Gasteiger partial charge in [0.15, 0.2) is 0 Å². The van der Waals surface area contributed by atoms with Gasteiger partial charge in [0.25, 0.3) is 0 Å². The smallest absolute Gasteiger partial charge is 0.337 e. The topological polar surface area (TPSA) is 62.5 Å². The third-order valence-electron chi connectivity index (χ3n) is 3.60. The molecule has 3 aromatic rings. The number of phenols is 1. The lowest BCUT2D eigenvalue weighted by atomic mass is 10.1. The number of hydrogen-bond donors (Lipinski definition) is 2. The minimum Gasteiger partial charge on any atom is -0.508 e. The van der Waals surface area contributed by atoms with Gasteiger partial charge in [0.1, 0.15) is 5.75 Å². The number of aromatic carboxylic acids is 1. The van der Waals surface area contributed by atoms with Gasteiger partial charge in [-0.1, -0.05) is 30.3 Å². The van der Waals surface area contributed by atoms with Gasteiger partial charge in [0.2, 0.25) is 0 Å². The summed E-state index contributed by atoms with van der Waals surface area (Å²) in [4.78, 5) is 11.5. The van der Waals surface area contributed by atoms with Crippen LogP contribution < -0.4 is 0 Å². The lowest BCUT2D eigenvalue weighted by Gasteiger charge is -2.13. The molecule has 0 fully saturated rings. The van der Waals surface area contributed by atoms with E-state index in [1.165, 1.54) is 0 Å². The number of hydrogen-bond acceptors (Lipinski definition) is 2. The maximum absolute atomic E-state index is 11.5. The van der Waals surface area contributed by atoms with E-state index >= 15 is 0 Å². The van der Waals surface area contributed by atoms with Crippen molar-refractivity contribution in [3.8, 4) is 22.7 Å². The van der Waals surface area contributed by atoms with Gasteiger partial charge >= 0.3 is 5.97 Å². The zero-order valence-corrected chi connectivity index (χ0v) is 12.0. The number of aromatic nitrogens is 1. The molecule has 0 radical (unpaired) electrons. The molecule has 1 aromatic heterocycles. The standard InChI is InChI=1S/C18H15NO3/c1-12-11-14(20)7-8-16(12)19-10-9-15(18(21)22)17(19)13-5-3-2-4-6-13/h2-11,20H,1H3,(H,21,22). The number of aromatic hydroxyl groups is 1. The molecule has 0 bridgehead atoms. The predicted octanol–water partition coefficient (Wildman–Crippen LogP) is 3.86. The van der Waals surface area contributed by atoms with Gasteiger partial charge in [-0.25, -0.2) is 4.79 Å². The van der Waals surface area contributed by atoms with Crippen LogP contribution in [-0.2, 0) is 0 Å². The van der Waals surface area contributed by atoms with Crippen LogP contribution in [0.25, 0.3) is 16.9 Å². The summed E-state index contributed by atoms with van der Waals surface area (Å²) in [5, 5.41) is 19.0. The van der Waals surface area contributed by atoms with E-state index in [0.29, 0.717) is 5.69 Å². The van der Waals surface area contributed by atoms with Crippen LogP contribution >= 0.6 is 0 Å². The molecule has 0 amide bonds. The van der Waals surface area contributed by atoms with Crippen LogP contribution in [0, 0.1) is 6.92 Å². The highest BCUT2D eigenvalue weighted by Crippen LogP contribution is 2.30. The summed E-state index contributed by atoms with van der Waals surface area (Å²) < 4.78 is 1.84. The van der Waals surface area contributed by atoms with E-state index in [1.807, 2.05) is 41.8 Å². The first kappa shape index (κ1) is 13.9. The fourth-order valence-corrected chi connectivity index (χ4v) is 2.61. The van der Waals surface area contributed by atoms with Crippen LogP contribution in [0.1, 0.15) is 15.9 Å². The van der Waals surface area contributed by atoms with Crippen LogP contribution in [-0.4, -0.2) is 20.7 Å².